The van der Waals surface area contributed by atoms with Crippen molar-refractivity contribution in [1.82, 2.24) is 10.2 Å². The molecular weight excluding hydrogens is 208 g/mol. The van der Waals surface area contributed by atoms with Gasteiger partial charge in [-0.3, -0.25) is 4.21 Å². The summed E-state index contributed by atoms with van der Waals surface area (Å²) in [7, 11) is 1.41. The normalized spacial score (nSPS) is 23.9. The molecule has 2 unspecified atom stereocenters. The van der Waals surface area contributed by atoms with Crippen molar-refractivity contribution in [3.8, 4) is 0 Å². The molecule has 1 aliphatic rings. The molecule has 1 saturated heterocycles. The Labute approximate surface area is 96.1 Å². The molecule has 0 amide bonds. The lowest BCUT2D eigenvalue weighted by molar-refractivity contribution is 0.152. The summed E-state index contributed by atoms with van der Waals surface area (Å²) in [6.07, 6.45) is 5.35. The second-order valence-electron chi connectivity index (χ2n) is 4.51. The van der Waals surface area contributed by atoms with Crippen LogP contribution in [0.25, 0.3) is 0 Å². The van der Waals surface area contributed by atoms with Crippen LogP contribution in [0.4, 0.5) is 0 Å². The highest BCUT2D eigenvalue weighted by Gasteiger charge is 2.21. The quantitative estimate of drug-likeness (QED) is 0.762. The summed E-state index contributed by atoms with van der Waals surface area (Å²) in [6, 6.07) is 1.29. The molecule has 0 aromatic rings. The van der Waals surface area contributed by atoms with Gasteiger partial charge in [0.2, 0.25) is 0 Å². The van der Waals surface area contributed by atoms with Crippen molar-refractivity contribution in [1.29, 1.82) is 0 Å². The van der Waals surface area contributed by atoms with Crippen LogP contribution in [-0.2, 0) is 10.8 Å². The summed E-state index contributed by atoms with van der Waals surface area (Å²) < 4.78 is 11.0. The first-order valence-corrected chi connectivity index (χ1v) is 7.57. The summed E-state index contributed by atoms with van der Waals surface area (Å²) in [5.41, 5.74) is 0. The molecule has 0 spiro atoms. The fourth-order valence-electron chi connectivity index (χ4n) is 2.15. The highest BCUT2D eigenvalue weighted by Crippen LogP contribution is 2.14. The first kappa shape index (κ1) is 13.1. The molecule has 2 atom stereocenters. The van der Waals surface area contributed by atoms with Crippen LogP contribution in [-0.4, -0.2) is 53.3 Å². The predicted octanol–water partition coefficient (Wildman–Crippen LogP) is 0.827. The van der Waals surface area contributed by atoms with Crippen LogP contribution in [0.1, 0.15) is 26.2 Å². The molecule has 3 nitrogen and oxygen atoms in total. The minimum atomic E-state index is -0.638. The zero-order chi connectivity index (χ0) is 11.3. The average molecular weight is 232 g/mol. The van der Waals surface area contributed by atoms with Crippen LogP contribution in [0.15, 0.2) is 0 Å². The van der Waals surface area contributed by atoms with E-state index in [-0.39, 0.29) is 0 Å². The third-order valence-corrected chi connectivity index (χ3v) is 4.19. The topological polar surface area (TPSA) is 32.3 Å². The second-order valence-corrected chi connectivity index (χ2v) is 6.07. The number of nitrogens with zero attached hydrogens (tertiary/aromatic N) is 1. The lowest BCUT2D eigenvalue weighted by Crippen LogP contribution is -2.45. The van der Waals surface area contributed by atoms with E-state index in [4.69, 9.17) is 0 Å². The Morgan fingerprint density at radius 3 is 2.53 bits per heavy atom. The molecular formula is C11H24N2OS. The Morgan fingerprint density at radius 2 is 2.07 bits per heavy atom. The van der Waals surface area contributed by atoms with Gasteiger partial charge in [0.1, 0.15) is 0 Å². The third kappa shape index (κ3) is 4.62. The maximum absolute atomic E-state index is 11.0. The van der Waals surface area contributed by atoms with Crippen molar-refractivity contribution in [3.05, 3.63) is 0 Å². The lowest BCUT2D eigenvalue weighted by Gasteiger charge is -2.35. The van der Waals surface area contributed by atoms with Gasteiger partial charge in [0, 0.05) is 34.9 Å². The summed E-state index contributed by atoms with van der Waals surface area (Å²) in [5, 5.41) is 3.34. The molecule has 1 fully saturated rings. The van der Waals surface area contributed by atoms with E-state index >= 15 is 0 Å². The molecule has 0 aliphatic carbocycles. The van der Waals surface area contributed by atoms with Crippen LogP contribution < -0.4 is 5.32 Å². The minimum Gasteiger partial charge on any atom is -0.317 e. The van der Waals surface area contributed by atoms with Gasteiger partial charge in [-0.15, -0.1) is 0 Å². The Balaban J connectivity index is 2.23. The van der Waals surface area contributed by atoms with Gasteiger partial charge >= 0.3 is 0 Å². The van der Waals surface area contributed by atoms with E-state index in [2.05, 4.69) is 17.1 Å². The van der Waals surface area contributed by atoms with Gasteiger partial charge in [-0.2, -0.15) is 0 Å². The molecule has 1 aliphatic heterocycles. The van der Waals surface area contributed by atoms with Crippen molar-refractivity contribution >= 4 is 10.8 Å². The Morgan fingerprint density at radius 1 is 1.47 bits per heavy atom. The van der Waals surface area contributed by atoms with Crippen molar-refractivity contribution in [2.75, 3.05) is 32.1 Å². The SMILES string of the molecule is CNC1CCN(C(C)CCS(C)=O)CC1. The highest BCUT2D eigenvalue weighted by atomic mass is 32.2. The van der Waals surface area contributed by atoms with Crippen molar-refractivity contribution in [2.45, 2.75) is 38.3 Å². The highest BCUT2D eigenvalue weighted by molar-refractivity contribution is 7.84. The zero-order valence-electron chi connectivity index (χ0n) is 10.2. The molecule has 0 radical (unpaired) electrons. The van der Waals surface area contributed by atoms with Crippen molar-refractivity contribution < 1.29 is 4.21 Å². The van der Waals surface area contributed by atoms with Crippen LogP contribution in [0.5, 0.6) is 0 Å². The van der Waals surface area contributed by atoms with E-state index in [1.807, 2.05) is 7.05 Å². The van der Waals surface area contributed by atoms with E-state index in [0.717, 1.165) is 12.2 Å². The molecule has 4 heteroatoms. The molecule has 0 saturated carbocycles. The second kappa shape index (κ2) is 6.61. The van der Waals surface area contributed by atoms with Gasteiger partial charge in [0.05, 0.1) is 0 Å². The smallest absolute Gasteiger partial charge is 0.0246 e. The van der Waals surface area contributed by atoms with Gasteiger partial charge in [-0.1, -0.05) is 0 Å². The Hall–Kier alpha value is 0.0700. The van der Waals surface area contributed by atoms with Crippen molar-refractivity contribution in [2.24, 2.45) is 0 Å². The van der Waals surface area contributed by atoms with Gasteiger partial charge in [0.25, 0.3) is 0 Å². The minimum absolute atomic E-state index is 0.590. The third-order valence-electron chi connectivity index (χ3n) is 3.38. The largest absolute Gasteiger partial charge is 0.317 e. The van der Waals surface area contributed by atoms with E-state index < -0.39 is 10.8 Å². The number of hydrogen-bond acceptors (Lipinski definition) is 3. The average Bonchev–Trinajstić information content (AvgIpc) is 2.26. The van der Waals surface area contributed by atoms with Crippen LogP contribution >= 0.6 is 0 Å². The van der Waals surface area contributed by atoms with E-state index in [1.54, 1.807) is 6.26 Å². The number of rotatable bonds is 5. The summed E-state index contributed by atoms with van der Waals surface area (Å²) >= 11 is 0. The fourth-order valence-corrected chi connectivity index (χ4v) is 2.82. The van der Waals surface area contributed by atoms with Crippen LogP contribution in [0.2, 0.25) is 0 Å². The molecule has 0 bridgehead atoms. The molecule has 1 N–H and O–H groups in total. The Kier molecular flexibility index (Phi) is 5.79. The standard InChI is InChI=1S/C11H24N2OS/c1-10(6-9-15(3)14)13-7-4-11(12-2)5-8-13/h10-12H,4-9H2,1-3H3. The number of hydrogen-bond donors (Lipinski definition) is 1. The van der Waals surface area contributed by atoms with E-state index in [0.29, 0.717) is 12.1 Å². The van der Waals surface area contributed by atoms with Gasteiger partial charge < -0.3 is 10.2 Å². The number of piperidine rings is 1. The molecule has 90 valence electrons. The monoisotopic (exact) mass is 232 g/mol. The van der Waals surface area contributed by atoms with Crippen molar-refractivity contribution in [3.63, 3.8) is 0 Å². The predicted molar refractivity (Wildman–Crippen MR) is 66.7 cm³/mol. The van der Waals surface area contributed by atoms with Crippen LogP contribution in [0.3, 0.4) is 0 Å². The van der Waals surface area contributed by atoms with Crippen LogP contribution in [0, 0.1) is 0 Å². The molecule has 0 aromatic carbocycles. The van der Waals surface area contributed by atoms with Gasteiger partial charge in [-0.05, 0) is 46.3 Å². The maximum atomic E-state index is 11.0. The van der Waals surface area contributed by atoms with Gasteiger partial charge in [0.15, 0.2) is 0 Å². The summed E-state index contributed by atoms with van der Waals surface area (Å²) in [4.78, 5) is 2.53. The number of nitrogens with one attached hydrogen (secondary N) is 1. The van der Waals surface area contributed by atoms with E-state index in [9.17, 15) is 4.21 Å². The van der Waals surface area contributed by atoms with Gasteiger partial charge in [-0.25, -0.2) is 0 Å². The molecule has 1 heterocycles. The fraction of sp³-hybridized carbons (Fsp3) is 1.00. The maximum Gasteiger partial charge on any atom is 0.0246 e. The first-order valence-electron chi connectivity index (χ1n) is 5.85. The molecule has 1 rings (SSSR count). The first-order chi connectivity index (χ1) is 7.13. The Bertz CT molecular complexity index is 203. The molecule has 15 heavy (non-hydrogen) atoms. The summed E-state index contributed by atoms with van der Waals surface area (Å²) in [6.45, 7) is 4.62. The number of likely N-dealkylation sites (tertiary alicyclic amines) is 1. The lowest BCUT2D eigenvalue weighted by atomic mass is 10.0. The zero-order valence-corrected chi connectivity index (χ0v) is 11.0. The summed E-state index contributed by atoms with van der Waals surface area (Å²) in [5.74, 6) is 0.840. The van der Waals surface area contributed by atoms with E-state index in [1.165, 1.54) is 25.9 Å². The molecule has 0 aromatic heterocycles.